The highest BCUT2D eigenvalue weighted by atomic mass is 35.5. The third kappa shape index (κ3) is 2.05. The fourth-order valence-corrected chi connectivity index (χ4v) is 1.92. The van der Waals surface area contributed by atoms with E-state index >= 15 is 0 Å². The monoisotopic (exact) mass is 237 g/mol. The molecule has 4 heteroatoms. The standard InChI is InChI=1S/C12H16ClN3/c1-4-5-9-6-11(13)16-12(14-9)7-10(15-16)8(2)3/h6-8H,4-5H2,1-3H3. The Balaban J connectivity index is 2.54. The van der Waals surface area contributed by atoms with Gasteiger partial charge < -0.3 is 0 Å². The molecule has 0 aliphatic rings. The molecule has 0 aliphatic heterocycles. The third-order valence-corrected chi connectivity index (χ3v) is 2.82. The van der Waals surface area contributed by atoms with E-state index in [4.69, 9.17) is 11.6 Å². The van der Waals surface area contributed by atoms with Gasteiger partial charge in [-0.3, -0.25) is 0 Å². The fraction of sp³-hybridized carbons (Fsp3) is 0.500. The number of aromatic nitrogens is 3. The van der Waals surface area contributed by atoms with Crippen molar-refractivity contribution in [3.63, 3.8) is 0 Å². The Labute approximate surface area is 100 Å². The van der Waals surface area contributed by atoms with E-state index in [1.165, 1.54) is 0 Å². The van der Waals surface area contributed by atoms with Crippen molar-refractivity contribution >= 4 is 17.2 Å². The van der Waals surface area contributed by atoms with Crippen LogP contribution in [0, 0.1) is 0 Å². The fourth-order valence-electron chi connectivity index (χ4n) is 1.67. The molecule has 2 aromatic heterocycles. The van der Waals surface area contributed by atoms with Crippen LogP contribution in [0.3, 0.4) is 0 Å². The van der Waals surface area contributed by atoms with E-state index in [1.807, 2.05) is 12.1 Å². The van der Waals surface area contributed by atoms with Crippen LogP contribution in [0.2, 0.25) is 5.15 Å². The lowest BCUT2D eigenvalue weighted by molar-refractivity contribution is 0.782. The highest BCUT2D eigenvalue weighted by Crippen LogP contribution is 2.19. The van der Waals surface area contributed by atoms with Crippen molar-refractivity contribution in [3.8, 4) is 0 Å². The molecule has 0 radical (unpaired) electrons. The molecule has 2 rings (SSSR count). The SMILES string of the molecule is CCCc1cc(Cl)n2nc(C(C)C)cc2n1. The smallest absolute Gasteiger partial charge is 0.157 e. The normalized spacial score (nSPS) is 11.6. The van der Waals surface area contributed by atoms with Crippen molar-refractivity contribution in [3.05, 3.63) is 28.7 Å². The molecule has 0 fully saturated rings. The third-order valence-electron chi connectivity index (χ3n) is 2.55. The molecular weight excluding hydrogens is 222 g/mol. The maximum absolute atomic E-state index is 6.18. The lowest BCUT2D eigenvalue weighted by Crippen LogP contribution is -1.97. The molecular formula is C12H16ClN3. The number of nitrogens with zero attached hydrogens (tertiary/aromatic N) is 3. The summed E-state index contributed by atoms with van der Waals surface area (Å²) in [4.78, 5) is 4.54. The van der Waals surface area contributed by atoms with Crippen molar-refractivity contribution in [2.45, 2.75) is 39.5 Å². The van der Waals surface area contributed by atoms with Crippen molar-refractivity contribution in [2.75, 3.05) is 0 Å². The molecule has 2 aromatic rings. The van der Waals surface area contributed by atoms with E-state index in [1.54, 1.807) is 4.52 Å². The van der Waals surface area contributed by atoms with Gasteiger partial charge in [-0.2, -0.15) is 5.10 Å². The Hall–Kier alpha value is -1.09. The zero-order chi connectivity index (χ0) is 11.7. The number of hydrogen-bond donors (Lipinski definition) is 0. The maximum Gasteiger partial charge on any atom is 0.157 e. The van der Waals surface area contributed by atoms with Crippen LogP contribution in [-0.4, -0.2) is 14.6 Å². The molecule has 0 aromatic carbocycles. The quantitative estimate of drug-likeness (QED) is 0.766. The molecule has 0 N–H and O–H groups in total. The minimum absolute atomic E-state index is 0.396. The molecule has 0 atom stereocenters. The summed E-state index contributed by atoms with van der Waals surface area (Å²) in [5, 5.41) is 5.07. The van der Waals surface area contributed by atoms with Crippen LogP contribution in [-0.2, 0) is 6.42 Å². The number of hydrogen-bond acceptors (Lipinski definition) is 2. The van der Waals surface area contributed by atoms with Gasteiger partial charge in [0.1, 0.15) is 5.15 Å². The van der Waals surface area contributed by atoms with Gasteiger partial charge in [-0.1, -0.05) is 38.8 Å². The molecule has 0 amide bonds. The van der Waals surface area contributed by atoms with Crippen LogP contribution < -0.4 is 0 Å². The molecule has 0 saturated carbocycles. The Morgan fingerprint density at radius 2 is 2.12 bits per heavy atom. The summed E-state index contributed by atoms with van der Waals surface area (Å²) in [5.74, 6) is 0.396. The first-order valence-corrected chi connectivity index (χ1v) is 6.04. The summed E-state index contributed by atoms with van der Waals surface area (Å²) in [5.41, 5.74) is 2.91. The van der Waals surface area contributed by atoms with Gasteiger partial charge in [0.2, 0.25) is 0 Å². The van der Waals surface area contributed by atoms with Gasteiger partial charge >= 0.3 is 0 Å². The van der Waals surface area contributed by atoms with E-state index in [9.17, 15) is 0 Å². The first-order valence-electron chi connectivity index (χ1n) is 5.67. The van der Waals surface area contributed by atoms with Crippen LogP contribution in [0.25, 0.3) is 5.65 Å². The average Bonchev–Trinajstić information content (AvgIpc) is 2.62. The van der Waals surface area contributed by atoms with Gasteiger partial charge in [0, 0.05) is 11.8 Å². The predicted octanol–water partition coefficient (Wildman–Crippen LogP) is 3.46. The van der Waals surface area contributed by atoms with Crippen LogP contribution in [0.5, 0.6) is 0 Å². The topological polar surface area (TPSA) is 30.2 Å². The van der Waals surface area contributed by atoms with Crippen molar-refractivity contribution in [1.29, 1.82) is 0 Å². The average molecular weight is 238 g/mol. The lowest BCUT2D eigenvalue weighted by atomic mass is 10.1. The van der Waals surface area contributed by atoms with Crippen molar-refractivity contribution < 1.29 is 0 Å². The summed E-state index contributed by atoms with van der Waals surface area (Å²) in [6.07, 6.45) is 2.03. The molecule has 0 unspecified atom stereocenters. The summed E-state index contributed by atoms with van der Waals surface area (Å²) in [6, 6.07) is 3.91. The highest BCUT2D eigenvalue weighted by Gasteiger charge is 2.10. The maximum atomic E-state index is 6.18. The molecule has 86 valence electrons. The number of fused-ring (bicyclic) bond motifs is 1. The summed E-state index contributed by atoms with van der Waals surface area (Å²) in [6.45, 7) is 6.36. The summed E-state index contributed by atoms with van der Waals surface area (Å²) >= 11 is 6.18. The first kappa shape index (κ1) is 11.4. The van der Waals surface area contributed by atoms with Crippen LogP contribution in [0.15, 0.2) is 12.1 Å². The van der Waals surface area contributed by atoms with Crippen LogP contribution >= 0.6 is 11.6 Å². The van der Waals surface area contributed by atoms with Gasteiger partial charge in [0.25, 0.3) is 0 Å². The lowest BCUT2D eigenvalue weighted by Gasteiger charge is -2.01. The second-order valence-corrected chi connectivity index (χ2v) is 4.70. The van der Waals surface area contributed by atoms with Gasteiger partial charge in [-0.05, 0) is 18.4 Å². The number of rotatable bonds is 3. The Kier molecular flexibility index (Phi) is 3.15. The second kappa shape index (κ2) is 4.42. The molecule has 2 heterocycles. The number of aryl methyl sites for hydroxylation is 1. The highest BCUT2D eigenvalue weighted by molar-refractivity contribution is 6.29. The van der Waals surface area contributed by atoms with E-state index in [0.29, 0.717) is 11.1 Å². The number of halogens is 1. The van der Waals surface area contributed by atoms with Crippen molar-refractivity contribution in [1.82, 2.24) is 14.6 Å². The zero-order valence-electron chi connectivity index (χ0n) is 9.87. The van der Waals surface area contributed by atoms with Gasteiger partial charge in [-0.25, -0.2) is 9.50 Å². The second-order valence-electron chi connectivity index (χ2n) is 4.31. The first-order chi connectivity index (χ1) is 7.61. The summed E-state index contributed by atoms with van der Waals surface area (Å²) in [7, 11) is 0. The Morgan fingerprint density at radius 3 is 2.75 bits per heavy atom. The van der Waals surface area contributed by atoms with E-state index in [0.717, 1.165) is 29.9 Å². The van der Waals surface area contributed by atoms with E-state index < -0.39 is 0 Å². The van der Waals surface area contributed by atoms with Gasteiger partial charge in [0.15, 0.2) is 5.65 Å². The van der Waals surface area contributed by atoms with Gasteiger partial charge in [-0.15, -0.1) is 0 Å². The van der Waals surface area contributed by atoms with Gasteiger partial charge in [0.05, 0.1) is 5.69 Å². The molecule has 0 bridgehead atoms. The van der Waals surface area contributed by atoms with Crippen LogP contribution in [0.1, 0.15) is 44.5 Å². The molecule has 0 aliphatic carbocycles. The zero-order valence-corrected chi connectivity index (χ0v) is 10.6. The predicted molar refractivity (Wildman–Crippen MR) is 66.1 cm³/mol. The molecule has 0 spiro atoms. The van der Waals surface area contributed by atoms with Crippen molar-refractivity contribution in [2.24, 2.45) is 0 Å². The summed E-state index contributed by atoms with van der Waals surface area (Å²) < 4.78 is 1.70. The van der Waals surface area contributed by atoms with Crippen LogP contribution in [0.4, 0.5) is 0 Å². The Morgan fingerprint density at radius 1 is 1.38 bits per heavy atom. The molecule has 0 saturated heterocycles. The van der Waals surface area contributed by atoms with E-state index in [-0.39, 0.29) is 0 Å². The minimum Gasteiger partial charge on any atom is -0.233 e. The Bertz CT molecular complexity index is 502. The molecule has 16 heavy (non-hydrogen) atoms. The molecule has 3 nitrogen and oxygen atoms in total. The van der Waals surface area contributed by atoms with E-state index in [2.05, 4.69) is 30.9 Å². The minimum atomic E-state index is 0.396. The largest absolute Gasteiger partial charge is 0.233 e.